The van der Waals surface area contributed by atoms with Crippen molar-refractivity contribution in [3.05, 3.63) is 65.5 Å². The first-order valence-electron chi connectivity index (χ1n) is 7.18. The molecule has 0 heterocycles. The van der Waals surface area contributed by atoms with Gasteiger partial charge in [0.25, 0.3) is 0 Å². The Kier molecular flexibility index (Phi) is 6.01. The fraction of sp³-hybridized carbons (Fsp3) is 0.294. The van der Waals surface area contributed by atoms with Crippen molar-refractivity contribution >= 4 is 0 Å². The van der Waals surface area contributed by atoms with Crippen molar-refractivity contribution in [3.8, 4) is 5.75 Å². The van der Waals surface area contributed by atoms with E-state index in [2.05, 4.69) is 10.1 Å². The number of nitrogens with one attached hydrogen (secondary N) is 1. The summed E-state index contributed by atoms with van der Waals surface area (Å²) in [6.07, 6.45) is -0.972. The minimum absolute atomic E-state index is 0.0855. The number of alkyl halides is 2. The molecular formula is C17H18F3NO2. The van der Waals surface area contributed by atoms with Gasteiger partial charge < -0.3 is 15.2 Å². The standard InChI is InChI=1S/C17H18F3NO2/c1-11(12-6-8-13(9-7-12)23-17(19)20)21-10-16(22)14-4-2-3-5-15(14)18/h2-9,11,16-17,21-22H,10H2,1H3. The molecule has 0 aliphatic heterocycles. The summed E-state index contributed by atoms with van der Waals surface area (Å²) in [5.41, 5.74) is 1.07. The molecule has 2 aromatic rings. The van der Waals surface area contributed by atoms with Crippen molar-refractivity contribution in [2.24, 2.45) is 0 Å². The third-order valence-corrected chi connectivity index (χ3v) is 3.49. The van der Waals surface area contributed by atoms with E-state index in [9.17, 15) is 18.3 Å². The average Bonchev–Trinajstić information content (AvgIpc) is 2.53. The maximum atomic E-state index is 13.6. The number of benzene rings is 2. The minimum Gasteiger partial charge on any atom is -0.435 e. The molecule has 3 nitrogen and oxygen atoms in total. The lowest BCUT2D eigenvalue weighted by atomic mass is 10.1. The van der Waals surface area contributed by atoms with Gasteiger partial charge in [-0.15, -0.1) is 0 Å². The first-order valence-corrected chi connectivity index (χ1v) is 7.18. The van der Waals surface area contributed by atoms with Crippen molar-refractivity contribution in [1.29, 1.82) is 0 Å². The van der Waals surface area contributed by atoms with Crippen LogP contribution < -0.4 is 10.1 Å². The molecule has 0 spiro atoms. The average molecular weight is 325 g/mol. The van der Waals surface area contributed by atoms with Gasteiger partial charge in [-0.1, -0.05) is 30.3 Å². The lowest BCUT2D eigenvalue weighted by molar-refractivity contribution is -0.0498. The number of aliphatic hydroxyl groups excluding tert-OH is 1. The van der Waals surface area contributed by atoms with Crippen LogP contribution in [-0.4, -0.2) is 18.3 Å². The summed E-state index contributed by atoms with van der Waals surface area (Å²) in [5, 5.41) is 13.1. The first kappa shape index (κ1) is 17.3. The van der Waals surface area contributed by atoms with Crippen molar-refractivity contribution < 1.29 is 23.0 Å². The van der Waals surface area contributed by atoms with E-state index in [1.54, 1.807) is 24.3 Å². The maximum absolute atomic E-state index is 13.6. The van der Waals surface area contributed by atoms with E-state index in [-0.39, 0.29) is 23.9 Å². The highest BCUT2D eigenvalue weighted by Gasteiger charge is 2.14. The van der Waals surface area contributed by atoms with Gasteiger partial charge in [-0.05, 0) is 30.7 Å². The molecule has 124 valence electrons. The minimum atomic E-state index is -2.85. The highest BCUT2D eigenvalue weighted by molar-refractivity contribution is 5.29. The smallest absolute Gasteiger partial charge is 0.387 e. The van der Waals surface area contributed by atoms with Crippen LogP contribution in [0.2, 0.25) is 0 Å². The molecule has 2 atom stereocenters. The van der Waals surface area contributed by atoms with E-state index in [1.807, 2.05) is 6.92 Å². The zero-order valence-electron chi connectivity index (χ0n) is 12.5. The highest BCUT2D eigenvalue weighted by atomic mass is 19.3. The molecule has 0 saturated heterocycles. The van der Waals surface area contributed by atoms with E-state index >= 15 is 0 Å². The summed E-state index contributed by atoms with van der Waals surface area (Å²) in [4.78, 5) is 0. The van der Waals surface area contributed by atoms with Crippen LogP contribution in [0.15, 0.2) is 48.5 Å². The Morgan fingerprint density at radius 3 is 2.35 bits per heavy atom. The van der Waals surface area contributed by atoms with Gasteiger partial charge in [0.1, 0.15) is 11.6 Å². The first-order chi connectivity index (χ1) is 11.0. The number of rotatable bonds is 7. The largest absolute Gasteiger partial charge is 0.435 e. The summed E-state index contributed by atoms with van der Waals surface area (Å²) in [7, 11) is 0. The van der Waals surface area contributed by atoms with Crippen LogP contribution in [0.5, 0.6) is 5.75 Å². The molecule has 2 aromatic carbocycles. The Balaban J connectivity index is 1.91. The Bertz CT molecular complexity index is 619. The predicted molar refractivity (Wildman–Crippen MR) is 80.9 cm³/mol. The van der Waals surface area contributed by atoms with Crippen molar-refractivity contribution in [3.63, 3.8) is 0 Å². The van der Waals surface area contributed by atoms with E-state index in [0.29, 0.717) is 0 Å². The Morgan fingerprint density at radius 2 is 1.74 bits per heavy atom. The van der Waals surface area contributed by atoms with Crippen LogP contribution in [0.3, 0.4) is 0 Å². The molecule has 2 N–H and O–H groups in total. The quantitative estimate of drug-likeness (QED) is 0.813. The van der Waals surface area contributed by atoms with Crippen LogP contribution >= 0.6 is 0 Å². The molecule has 2 rings (SSSR count). The number of hydrogen-bond donors (Lipinski definition) is 2. The van der Waals surface area contributed by atoms with Crippen molar-refractivity contribution in [1.82, 2.24) is 5.32 Å². The van der Waals surface area contributed by atoms with Gasteiger partial charge in [0.15, 0.2) is 0 Å². The Morgan fingerprint density at radius 1 is 1.09 bits per heavy atom. The van der Waals surface area contributed by atoms with Crippen LogP contribution in [0.1, 0.15) is 30.2 Å². The Hall–Kier alpha value is -2.05. The topological polar surface area (TPSA) is 41.5 Å². The van der Waals surface area contributed by atoms with Crippen LogP contribution in [-0.2, 0) is 0 Å². The van der Waals surface area contributed by atoms with Crippen molar-refractivity contribution in [2.75, 3.05) is 6.54 Å². The molecule has 23 heavy (non-hydrogen) atoms. The SMILES string of the molecule is CC(NCC(O)c1ccccc1F)c1ccc(OC(F)F)cc1. The lowest BCUT2D eigenvalue weighted by Crippen LogP contribution is -2.25. The molecule has 0 aromatic heterocycles. The third-order valence-electron chi connectivity index (χ3n) is 3.49. The zero-order chi connectivity index (χ0) is 16.8. The second-order valence-corrected chi connectivity index (χ2v) is 5.11. The second-order valence-electron chi connectivity index (χ2n) is 5.11. The van der Waals surface area contributed by atoms with Crippen molar-refractivity contribution in [2.45, 2.75) is 25.7 Å². The van der Waals surface area contributed by atoms with E-state index in [4.69, 9.17) is 0 Å². The van der Waals surface area contributed by atoms with Gasteiger partial charge in [0, 0.05) is 18.2 Å². The zero-order valence-corrected chi connectivity index (χ0v) is 12.5. The molecule has 0 saturated carbocycles. The van der Waals surface area contributed by atoms with Gasteiger partial charge in [0.2, 0.25) is 0 Å². The molecule has 0 radical (unpaired) electrons. The molecule has 0 amide bonds. The van der Waals surface area contributed by atoms with Crippen LogP contribution in [0.4, 0.5) is 13.2 Å². The lowest BCUT2D eigenvalue weighted by Gasteiger charge is -2.18. The van der Waals surface area contributed by atoms with E-state index in [1.165, 1.54) is 24.3 Å². The molecular weight excluding hydrogens is 307 g/mol. The third kappa shape index (κ3) is 4.97. The predicted octanol–water partition coefficient (Wildman–Crippen LogP) is 3.81. The molecule has 2 unspecified atom stereocenters. The van der Waals surface area contributed by atoms with Gasteiger partial charge in [0.05, 0.1) is 6.10 Å². The van der Waals surface area contributed by atoms with Crippen LogP contribution in [0.25, 0.3) is 0 Å². The highest BCUT2D eigenvalue weighted by Crippen LogP contribution is 2.21. The van der Waals surface area contributed by atoms with Gasteiger partial charge in [-0.3, -0.25) is 0 Å². The molecule has 6 heteroatoms. The van der Waals surface area contributed by atoms with Gasteiger partial charge in [-0.25, -0.2) is 4.39 Å². The normalized spacial score (nSPS) is 13.8. The number of ether oxygens (including phenoxy) is 1. The van der Waals surface area contributed by atoms with E-state index in [0.717, 1.165) is 5.56 Å². The number of aliphatic hydroxyl groups is 1. The summed E-state index contributed by atoms with van der Waals surface area (Å²) in [6.45, 7) is -0.832. The monoisotopic (exact) mass is 325 g/mol. The number of halogens is 3. The fourth-order valence-electron chi connectivity index (χ4n) is 2.20. The van der Waals surface area contributed by atoms with Crippen LogP contribution in [0, 0.1) is 5.82 Å². The summed E-state index contributed by atoms with van der Waals surface area (Å²) in [6, 6.07) is 12.1. The summed E-state index contributed by atoms with van der Waals surface area (Å²) in [5.74, 6) is -0.370. The van der Waals surface area contributed by atoms with Gasteiger partial charge in [-0.2, -0.15) is 8.78 Å². The molecule has 0 aliphatic carbocycles. The Labute approximate surface area is 132 Å². The fourth-order valence-corrected chi connectivity index (χ4v) is 2.20. The molecule has 0 aliphatic rings. The summed E-state index contributed by atoms with van der Waals surface area (Å²) < 4.78 is 42.0. The molecule has 0 fully saturated rings. The molecule has 0 bridgehead atoms. The second kappa shape index (κ2) is 7.99. The van der Waals surface area contributed by atoms with E-state index < -0.39 is 18.5 Å². The maximum Gasteiger partial charge on any atom is 0.387 e. The summed E-state index contributed by atoms with van der Waals surface area (Å²) >= 11 is 0. The number of hydrogen-bond acceptors (Lipinski definition) is 3. The van der Waals surface area contributed by atoms with Gasteiger partial charge >= 0.3 is 6.61 Å².